The highest BCUT2D eigenvalue weighted by atomic mass is 29.9. The highest BCUT2D eigenvalue weighted by Crippen LogP contribution is 2.26. The standard InChI is InChI=1S/C19H6BF12.C9H27Si4/c1-20(5-2-8(21)14(27)17(30)11(5)24,6-3-9(22)15(28)18(31)12(6)25)7-4-10(23)16(29)19(32)13(7)26;1-11(2,3)10(12(4,5)6)13(7,8)9/h2-4H,1H3;1-9H3/q-1;+1. The smallest absolute Gasteiger partial charge is 0.198 e. The predicted octanol–water partition coefficient (Wildman–Crippen LogP) is 8.19. The van der Waals surface area contributed by atoms with E-state index in [2.05, 4.69) is 58.9 Å². The van der Waals surface area contributed by atoms with E-state index in [1.165, 1.54) is 0 Å². The molecule has 0 unspecified atom stereocenters. The van der Waals surface area contributed by atoms with Crippen LogP contribution in [0.15, 0.2) is 18.2 Å². The van der Waals surface area contributed by atoms with Crippen LogP contribution < -0.4 is 16.4 Å². The number of hydrogen-bond acceptors (Lipinski definition) is 0. The molecule has 0 saturated carbocycles. The van der Waals surface area contributed by atoms with E-state index in [1.54, 1.807) is 0 Å². The van der Waals surface area contributed by atoms with Gasteiger partial charge in [0.2, 0.25) is 0 Å². The molecule has 3 rings (SSSR count). The zero-order chi connectivity index (χ0) is 35.4. The van der Waals surface area contributed by atoms with E-state index in [-0.39, 0.29) is 25.5 Å². The third kappa shape index (κ3) is 7.51. The molecule has 0 saturated heterocycles. The molecule has 3 aromatic rings. The largest absolute Gasteiger partial charge is 0.207 e. The Hall–Kier alpha value is -2.25. The molecule has 0 N–H and O–H groups in total. The third-order valence-corrected chi connectivity index (χ3v) is 66.0. The Labute approximate surface area is 258 Å². The van der Waals surface area contributed by atoms with Crippen LogP contribution in [-0.4, -0.2) is 36.3 Å². The summed E-state index contributed by atoms with van der Waals surface area (Å²) in [5.41, 5.74) is -4.64. The van der Waals surface area contributed by atoms with E-state index >= 15 is 0 Å². The summed E-state index contributed by atoms with van der Waals surface area (Å²) in [4.78, 5) is 0. The molecule has 17 heteroatoms. The third-order valence-electron chi connectivity index (χ3n) is 7.51. The van der Waals surface area contributed by atoms with Gasteiger partial charge in [0.15, 0.2) is 82.5 Å². The van der Waals surface area contributed by atoms with Crippen molar-refractivity contribution < 1.29 is 52.7 Å². The number of rotatable bonds is 6. The second-order valence-corrected chi connectivity index (χ2v) is 50.8. The van der Waals surface area contributed by atoms with Gasteiger partial charge in [-0.25, -0.2) is 52.7 Å². The maximum Gasteiger partial charge on any atom is 0.198 e. The number of benzene rings is 3. The monoisotopic (exact) mass is 720 g/mol. The van der Waals surface area contributed by atoms with Gasteiger partial charge in [0.1, 0.15) is 17.5 Å². The fourth-order valence-corrected chi connectivity index (χ4v) is 94.7. The SMILES string of the molecule is C[B-](c1cc(F)c(F)c(F)c1F)(c1cc(F)c(F)c(F)c1F)c1cc(F)c(F)c(F)c1F.C[Si](C)(C)[Si+]([Si](C)(C)C)[Si](C)(C)C. The molecule has 0 aliphatic carbocycles. The first-order chi connectivity index (χ1) is 20.1. The molecule has 0 heterocycles. The topological polar surface area (TPSA) is 0 Å². The minimum Gasteiger partial charge on any atom is -0.207 e. The van der Waals surface area contributed by atoms with Crippen LogP contribution in [0, 0.1) is 69.8 Å². The number of hydrogen-bond donors (Lipinski definition) is 0. The molecule has 0 radical (unpaired) electrons. The van der Waals surface area contributed by atoms with Gasteiger partial charge in [-0.1, -0.05) is 18.2 Å². The zero-order valence-electron chi connectivity index (χ0n) is 26.3. The lowest BCUT2D eigenvalue weighted by atomic mass is 9.17. The highest BCUT2D eigenvalue weighted by Gasteiger charge is 2.60. The van der Waals surface area contributed by atoms with Gasteiger partial charge < -0.3 is 0 Å². The normalized spacial score (nSPS) is 12.7. The fourth-order valence-electron chi connectivity index (χ4n) is 6.91. The van der Waals surface area contributed by atoms with Crippen molar-refractivity contribution in [3.63, 3.8) is 0 Å². The highest BCUT2D eigenvalue weighted by molar-refractivity contribution is 7.81. The van der Waals surface area contributed by atoms with E-state index in [0.29, 0.717) is 6.82 Å². The lowest BCUT2D eigenvalue weighted by Crippen LogP contribution is -2.70. The summed E-state index contributed by atoms with van der Waals surface area (Å²) in [6.45, 7) is 23.9. The van der Waals surface area contributed by atoms with Crippen LogP contribution in [0.2, 0.25) is 65.7 Å². The van der Waals surface area contributed by atoms with Crippen LogP contribution in [0.5, 0.6) is 0 Å². The van der Waals surface area contributed by atoms with Crippen molar-refractivity contribution in [2.45, 2.75) is 65.7 Å². The quantitative estimate of drug-likeness (QED) is 0.104. The van der Waals surface area contributed by atoms with Gasteiger partial charge >= 0.3 is 0 Å². The van der Waals surface area contributed by atoms with Crippen LogP contribution in [0.4, 0.5) is 52.7 Å². The van der Waals surface area contributed by atoms with Crippen LogP contribution in [0.1, 0.15) is 0 Å². The van der Waals surface area contributed by atoms with Gasteiger partial charge in [-0.2, -0.15) is 23.2 Å². The molecule has 0 aliphatic heterocycles. The van der Waals surface area contributed by atoms with Gasteiger partial charge in [-0.3, -0.25) is 0 Å². The van der Waals surface area contributed by atoms with E-state index in [4.69, 9.17) is 0 Å². The Kier molecular flexibility index (Phi) is 11.3. The average Bonchev–Trinajstić information content (AvgIpc) is 2.88. The van der Waals surface area contributed by atoms with E-state index in [9.17, 15) is 52.7 Å². The molecule has 45 heavy (non-hydrogen) atoms. The van der Waals surface area contributed by atoms with Crippen molar-refractivity contribution in [2.24, 2.45) is 0 Å². The van der Waals surface area contributed by atoms with Gasteiger partial charge in [-0.05, 0) is 58.9 Å². The van der Waals surface area contributed by atoms with Crippen molar-refractivity contribution in [3.8, 4) is 0 Å². The lowest BCUT2D eigenvalue weighted by molar-refractivity contribution is 0.410. The molecule has 0 aliphatic rings. The minimum atomic E-state index is -4.21. The van der Waals surface area contributed by atoms with E-state index in [0.717, 1.165) is 0 Å². The summed E-state index contributed by atoms with van der Waals surface area (Å²) in [6, 6.07) is -0.527. The summed E-state index contributed by atoms with van der Waals surface area (Å²) in [7, 11) is -2.47. The van der Waals surface area contributed by atoms with Gasteiger partial charge in [0.05, 0.1) is 6.15 Å². The molecule has 0 aromatic heterocycles. The van der Waals surface area contributed by atoms with Crippen LogP contribution in [0.3, 0.4) is 0 Å². The maximum absolute atomic E-state index is 14.6. The minimum absolute atomic E-state index is 0.0255. The molecule has 0 atom stereocenters. The molecule has 0 amide bonds. The fraction of sp³-hybridized carbons (Fsp3) is 0.357. The van der Waals surface area contributed by atoms with E-state index < -0.39 is 115 Å². The molecule has 0 bridgehead atoms. The van der Waals surface area contributed by atoms with Crippen LogP contribution in [-0.2, 0) is 0 Å². The lowest BCUT2D eigenvalue weighted by Gasteiger charge is -2.39. The predicted molar refractivity (Wildman–Crippen MR) is 165 cm³/mol. The zero-order valence-corrected chi connectivity index (χ0v) is 30.3. The second kappa shape index (κ2) is 13.1. The average molecular weight is 721 g/mol. The Balaban J connectivity index is 0.000000459. The van der Waals surface area contributed by atoms with Crippen LogP contribution in [0.25, 0.3) is 0 Å². The first kappa shape index (κ1) is 38.9. The molecule has 0 nitrogen and oxygen atoms in total. The van der Waals surface area contributed by atoms with Crippen molar-refractivity contribution >= 4 is 52.7 Å². The van der Waals surface area contributed by atoms with Crippen molar-refractivity contribution in [2.75, 3.05) is 0 Å². The molecule has 0 spiro atoms. The molecular formula is C28H33BF12Si4. The summed E-state index contributed by atoms with van der Waals surface area (Å²) in [5, 5.41) is 0. The van der Waals surface area contributed by atoms with Crippen molar-refractivity contribution in [1.29, 1.82) is 0 Å². The summed E-state index contributed by atoms with van der Waals surface area (Å²) in [5.74, 6) is -28.3. The van der Waals surface area contributed by atoms with Gasteiger partial charge in [0.25, 0.3) is 0 Å². The Bertz CT molecular complexity index is 1420. The first-order valence-corrected chi connectivity index (χ1v) is 28.7. The molecule has 3 aromatic carbocycles. The van der Waals surface area contributed by atoms with Gasteiger partial charge in [-0.15, -0.1) is 0 Å². The molecule has 0 fully saturated rings. The maximum atomic E-state index is 14.6. The summed E-state index contributed by atoms with van der Waals surface area (Å²) in [6.07, 6.45) is -4.21. The number of halogens is 12. The first-order valence-electron chi connectivity index (χ1n) is 13.7. The Morgan fingerprint density at radius 3 is 0.733 bits per heavy atom. The van der Waals surface area contributed by atoms with E-state index in [1.807, 2.05) is 0 Å². The molecular weight excluding hydrogens is 687 g/mol. The summed E-state index contributed by atoms with van der Waals surface area (Å²) >= 11 is 0. The van der Waals surface area contributed by atoms with Gasteiger partial charge in [0, 0.05) is 0 Å². The second-order valence-electron chi connectivity index (χ2n) is 14.1. The summed E-state index contributed by atoms with van der Waals surface area (Å²) < 4.78 is 167. The van der Waals surface area contributed by atoms with Crippen molar-refractivity contribution in [1.82, 2.24) is 0 Å². The van der Waals surface area contributed by atoms with Crippen LogP contribution >= 0.6 is 0 Å². The van der Waals surface area contributed by atoms with Crippen molar-refractivity contribution in [3.05, 3.63) is 88.0 Å². The Morgan fingerprint density at radius 2 is 0.578 bits per heavy atom. The molecule has 248 valence electrons. The Morgan fingerprint density at radius 1 is 0.378 bits per heavy atom.